The number of rotatable bonds is 7. The Bertz CT molecular complexity index is 692. The Balaban J connectivity index is 1.88. The molecule has 0 saturated heterocycles. The van der Waals surface area contributed by atoms with Crippen LogP contribution < -0.4 is 4.74 Å². The number of carboxylic acids is 1. The molecule has 0 unspecified atom stereocenters. The maximum absolute atomic E-state index is 12.3. The zero-order valence-electron chi connectivity index (χ0n) is 13.9. The Labute approximate surface area is 141 Å². The Morgan fingerprint density at radius 1 is 1.00 bits per heavy atom. The molecule has 126 valence electrons. The quantitative estimate of drug-likeness (QED) is 0.849. The second-order valence-electron chi connectivity index (χ2n) is 5.74. The summed E-state index contributed by atoms with van der Waals surface area (Å²) in [5, 5.41) is 8.58. The first kappa shape index (κ1) is 17.5. The van der Waals surface area contributed by atoms with Crippen molar-refractivity contribution in [1.82, 2.24) is 4.90 Å². The van der Waals surface area contributed by atoms with Gasteiger partial charge in [0.2, 0.25) is 5.91 Å². The number of hydrogen-bond donors (Lipinski definition) is 1. The van der Waals surface area contributed by atoms with E-state index in [9.17, 15) is 9.59 Å². The smallest absolute Gasteiger partial charge is 0.341 e. The summed E-state index contributed by atoms with van der Waals surface area (Å²) in [6, 6.07) is 15.0. The summed E-state index contributed by atoms with van der Waals surface area (Å²) in [4.78, 5) is 24.4. The highest BCUT2D eigenvalue weighted by Crippen LogP contribution is 2.14. The van der Waals surface area contributed by atoms with Crippen LogP contribution in [-0.2, 0) is 22.6 Å². The average molecular weight is 327 g/mol. The monoisotopic (exact) mass is 327 g/mol. The molecule has 0 aliphatic carbocycles. The first-order valence-corrected chi connectivity index (χ1v) is 7.67. The molecule has 2 rings (SSSR count). The van der Waals surface area contributed by atoms with Crippen molar-refractivity contribution in [3.63, 3.8) is 0 Å². The van der Waals surface area contributed by atoms with E-state index in [0.717, 1.165) is 11.1 Å². The van der Waals surface area contributed by atoms with Gasteiger partial charge in [-0.05, 0) is 30.2 Å². The Morgan fingerprint density at radius 2 is 1.58 bits per heavy atom. The van der Waals surface area contributed by atoms with Crippen molar-refractivity contribution in [3.8, 4) is 5.75 Å². The molecule has 2 aromatic rings. The number of hydrogen-bond acceptors (Lipinski definition) is 3. The molecule has 0 aromatic heterocycles. The van der Waals surface area contributed by atoms with Crippen molar-refractivity contribution in [2.75, 3.05) is 13.7 Å². The summed E-state index contributed by atoms with van der Waals surface area (Å²) in [7, 11) is 1.77. The molecular formula is C19H21NO4. The highest BCUT2D eigenvalue weighted by molar-refractivity contribution is 5.78. The summed E-state index contributed by atoms with van der Waals surface area (Å²) in [5.74, 6) is -0.472. The normalized spacial score (nSPS) is 10.2. The molecule has 0 bridgehead atoms. The predicted octanol–water partition coefficient (Wildman–Crippen LogP) is 2.66. The van der Waals surface area contributed by atoms with Crippen LogP contribution in [0.3, 0.4) is 0 Å². The maximum Gasteiger partial charge on any atom is 0.341 e. The van der Waals surface area contributed by atoms with E-state index in [-0.39, 0.29) is 12.5 Å². The molecule has 0 atom stereocenters. The molecule has 24 heavy (non-hydrogen) atoms. The van der Waals surface area contributed by atoms with Crippen LogP contribution in [0.15, 0.2) is 48.5 Å². The van der Waals surface area contributed by atoms with Crippen molar-refractivity contribution in [2.45, 2.75) is 19.9 Å². The molecule has 5 nitrogen and oxygen atoms in total. The molecule has 5 heteroatoms. The van der Waals surface area contributed by atoms with Gasteiger partial charge in [0.15, 0.2) is 6.61 Å². The third-order valence-electron chi connectivity index (χ3n) is 3.61. The number of carbonyl (C=O) groups is 2. The lowest BCUT2D eigenvalue weighted by atomic mass is 10.1. The van der Waals surface area contributed by atoms with Gasteiger partial charge in [-0.3, -0.25) is 4.79 Å². The minimum absolute atomic E-state index is 0.0463. The summed E-state index contributed by atoms with van der Waals surface area (Å²) >= 11 is 0. The first-order valence-electron chi connectivity index (χ1n) is 7.67. The largest absolute Gasteiger partial charge is 0.482 e. The zero-order valence-corrected chi connectivity index (χ0v) is 13.9. The second-order valence-corrected chi connectivity index (χ2v) is 5.74. The van der Waals surface area contributed by atoms with Crippen LogP contribution in [-0.4, -0.2) is 35.5 Å². The van der Waals surface area contributed by atoms with Crippen LogP contribution in [0, 0.1) is 6.92 Å². The second kappa shape index (κ2) is 8.15. The molecule has 0 heterocycles. The number of amides is 1. The highest BCUT2D eigenvalue weighted by Gasteiger charge is 2.10. The molecule has 0 aliphatic rings. The third kappa shape index (κ3) is 5.43. The molecule has 0 aliphatic heterocycles. The van der Waals surface area contributed by atoms with Gasteiger partial charge in [0, 0.05) is 13.6 Å². The predicted molar refractivity (Wildman–Crippen MR) is 90.9 cm³/mol. The average Bonchev–Trinajstić information content (AvgIpc) is 2.56. The number of benzene rings is 2. The van der Waals surface area contributed by atoms with E-state index >= 15 is 0 Å². The Hall–Kier alpha value is -2.82. The molecule has 0 saturated carbocycles. The molecule has 2 aromatic carbocycles. The van der Waals surface area contributed by atoms with Crippen LogP contribution in [0.25, 0.3) is 0 Å². The Morgan fingerprint density at radius 3 is 2.17 bits per heavy atom. The molecule has 0 radical (unpaired) electrons. The molecule has 0 spiro atoms. The van der Waals surface area contributed by atoms with Crippen LogP contribution >= 0.6 is 0 Å². The standard InChI is InChI=1S/C19H21NO4/c1-14-3-5-15(6-4-14)11-18(21)20(2)12-16-7-9-17(10-8-16)24-13-19(22)23/h3-10H,11-13H2,1-2H3,(H,22,23). The zero-order chi connectivity index (χ0) is 17.5. The topological polar surface area (TPSA) is 66.8 Å². The molecule has 1 amide bonds. The van der Waals surface area contributed by atoms with Crippen molar-refractivity contribution in [3.05, 3.63) is 65.2 Å². The molecular weight excluding hydrogens is 306 g/mol. The summed E-state index contributed by atoms with van der Waals surface area (Å²) in [6.45, 7) is 2.14. The van der Waals surface area contributed by atoms with E-state index in [0.29, 0.717) is 18.7 Å². The molecule has 1 N–H and O–H groups in total. The summed E-state index contributed by atoms with van der Waals surface area (Å²) < 4.78 is 5.08. The fourth-order valence-electron chi connectivity index (χ4n) is 2.21. The number of carbonyl (C=O) groups excluding carboxylic acids is 1. The van der Waals surface area contributed by atoms with E-state index in [2.05, 4.69) is 0 Å². The number of likely N-dealkylation sites (N-methyl/N-ethyl adjacent to an activating group) is 1. The van der Waals surface area contributed by atoms with Gasteiger partial charge in [-0.25, -0.2) is 4.79 Å². The van der Waals surface area contributed by atoms with Crippen LogP contribution in [0.2, 0.25) is 0 Å². The van der Waals surface area contributed by atoms with Crippen molar-refractivity contribution in [2.24, 2.45) is 0 Å². The van der Waals surface area contributed by atoms with Gasteiger partial charge in [0.25, 0.3) is 0 Å². The van der Waals surface area contributed by atoms with Crippen LogP contribution in [0.1, 0.15) is 16.7 Å². The fraction of sp³-hybridized carbons (Fsp3) is 0.263. The number of carboxylic acid groups (broad SMARTS) is 1. The minimum atomic E-state index is -1.01. The van der Waals surface area contributed by atoms with E-state index in [4.69, 9.17) is 9.84 Å². The lowest BCUT2D eigenvalue weighted by Gasteiger charge is -2.17. The summed E-state index contributed by atoms with van der Waals surface area (Å²) in [5.41, 5.74) is 3.12. The van der Waals surface area contributed by atoms with Crippen molar-refractivity contribution >= 4 is 11.9 Å². The van der Waals surface area contributed by atoms with Crippen LogP contribution in [0.5, 0.6) is 5.75 Å². The number of ether oxygens (including phenoxy) is 1. The van der Waals surface area contributed by atoms with E-state index in [1.807, 2.05) is 43.3 Å². The minimum Gasteiger partial charge on any atom is -0.482 e. The number of aliphatic carboxylic acids is 1. The summed E-state index contributed by atoms with van der Waals surface area (Å²) in [6.07, 6.45) is 0.372. The van der Waals surface area contributed by atoms with Gasteiger partial charge in [0.1, 0.15) is 5.75 Å². The Kier molecular flexibility index (Phi) is 5.95. The van der Waals surface area contributed by atoms with Crippen LogP contribution in [0.4, 0.5) is 0 Å². The maximum atomic E-state index is 12.3. The van der Waals surface area contributed by atoms with Gasteiger partial charge in [-0.1, -0.05) is 42.0 Å². The third-order valence-corrected chi connectivity index (χ3v) is 3.61. The van der Waals surface area contributed by atoms with Gasteiger partial charge >= 0.3 is 5.97 Å². The lowest BCUT2D eigenvalue weighted by molar-refractivity contribution is -0.139. The first-order chi connectivity index (χ1) is 11.4. The van der Waals surface area contributed by atoms with Gasteiger partial charge in [-0.15, -0.1) is 0 Å². The van der Waals surface area contributed by atoms with Crippen molar-refractivity contribution in [1.29, 1.82) is 0 Å². The number of nitrogens with zero attached hydrogens (tertiary/aromatic N) is 1. The highest BCUT2D eigenvalue weighted by atomic mass is 16.5. The van der Waals surface area contributed by atoms with Gasteiger partial charge in [-0.2, -0.15) is 0 Å². The van der Waals surface area contributed by atoms with Gasteiger partial charge in [0.05, 0.1) is 6.42 Å². The van der Waals surface area contributed by atoms with E-state index in [1.54, 1.807) is 24.1 Å². The SMILES string of the molecule is Cc1ccc(CC(=O)N(C)Cc2ccc(OCC(=O)O)cc2)cc1. The lowest BCUT2D eigenvalue weighted by Crippen LogP contribution is -2.27. The van der Waals surface area contributed by atoms with E-state index < -0.39 is 5.97 Å². The van der Waals surface area contributed by atoms with E-state index in [1.165, 1.54) is 5.56 Å². The fourth-order valence-corrected chi connectivity index (χ4v) is 2.21. The van der Waals surface area contributed by atoms with Gasteiger partial charge < -0.3 is 14.7 Å². The van der Waals surface area contributed by atoms with Crippen molar-refractivity contribution < 1.29 is 19.4 Å². The molecule has 0 fully saturated rings. The number of aryl methyl sites for hydroxylation is 1.